The number of nitrogens with zero attached hydrogens (tertiary/aromatic N) is 1. The molecule has 0 N–H and O–H groups in total. The fraction of sp³-hybridized carbons (Fsp3) is 0.172. The zero-order valence-electron chi connectivity index (χ0n) is 19.7. The average Bonchev–Trinajstić information content (AvgIpc) is 2.83. The highest BCUT2D eigenvalue weighted by Gasteiger charge is 2.45. The summed E-state index contributed by atoms with van der Waals surface area (Å²) < 4.78 is 0. The first-order chi connectivity index (χ1) is 15.8. The Morgan fingerprint density at radius 2 is 1.12 bits per heavy atom. The number of nitro groups is 1. The lowest BCUT2D eigenvalue weighted by molar-refractivity contribution is -0.386. The third kappa shape index (κ3) is 5.24. The monoisotopic (exact) mass is 581 g/mol. The molecular weight excluding hydrogens is 552 g/mol. The van der Waals surface area contributed by atoms with Crippen LogP contribution in [0.4, 0.5) is 5.69 Å². The molecule has 0 radical (unpaired) electrons. The van der Waals surface area contributed by atoms with Gasteiger partial charge in [0.1, 0.15) is 23.2 Å². The van der Waals surface area contributed by atoms with Crippen LogP contribution >= 0.6 is 7.26 Å². The SMILES string of the molecule is CC(C)(C)c1ccc(C[P+](c2ccccc2)(c2ccccc2)c2ccccc2)cc1[N+](=O)[O-].[I-]. The molecule has 0 unspecified atom stereocenters. The van der Waals surface area contributed by atoms with Crippen LogP contribution in [-0.4, -0.2) is 4.92 Å². The summed E-state index contributed by atoms with van der Waals surface area (Å²) in [6.07, 6.45) is 0.719. The van der Waals surface area contributed by atoms with E-state index in [0.717, 1.165) is 17.3 Å². The minimum atomic E-state index is -2.10. The average molecular weight is 581 g/mol. The summed E-state index contributed by atoms with van der Waals surface area (Å²) in [7, 11) is -2.10. The molecule has 0 aliphatic heterocycles. The highest BCUT2D eigenvalue weighted by molar-refractivity contribution is 7.95. The first-order valence-corrected chi connectivity index (χ1v) is 13.1. The summed E-state index contributed by atoms with van der Waals surface area (Å²) in [5.74, 6) is 0. The second-order valence-electron chi connectivity index (χ2n) is 9.33. The second kappa shape index (κ2) is 10.8. The minimum Gasteiger partial charge on any atom is -1.00 e. The Morgan fingerprint density at radius 3 is 1.47 bits per heavy atom. The third-order valence-corrected chi connectivity index (χ3v) is 10.5. The van der Waals surface area contributed by atoms with Crippen molar-refractivity contribution in [2.75, 3.05) is 0 Å². The van der Waals surface area contributed by atoms with Crippen LogP contribution in [0.1, 0.15) is 31.9 Å². The molecule has 0 aliphatic carbocycles. The van der Waals surface area contributed by atoms with Gasteiger partial charge in [-0.2, -0.15) is 0 Å². The van der Waals surface area contributed by atoms with Crippen molar-refractivity contribution in [2.45, 2.75) is 32.3 Å². The minimum absolute atomic E-state index is 0. The van der Waals surface area contributed by atoms with E-state index in [4.69, 9.17) is 0 Å². The van der Waals surface area contributed by atoms with E-state index in [1.54, 1.807) is 6.07 Å². The maximum Gasteiger partial charge on any atom is 0.273 e. The highest BCUT2D eigenvalue weighted by atomic mass is 127. The molecule has 0 atom stereocenters. The van der Waals surface area contributed by atoms with Crippen molar-refractivity contribution in [3.8, 4) is 0 Å². The number of hydrogen-bond acceptors (Lipinski definition) is 2. The molecule has 0 fully saturated rings. The van der Waals surface area contributed by atoms with Crippen LogP contribution < -0.4 is 39.9 Å². The number of halogens is 1. The van der Waals surface area contributed by atoms with Crippen LogP contribution in [0.3, 0.4) is 0 Å². The van der Waals surface area contributed by atoms with Gasteiger partial charge in [-0.3, -0.25) is 10.1 Å². The topological polar surface area (TPSA) is 43.1 Å². The number of benzene rings is 4. The van der Waals surface area contributed by atoms with E-state index in [-0.39, 0.29) is 40.0 Å². The molecule has 0 saturated carbocycles. The molecular formula is C29H29INO2P. The summed E-state index contributed by atoms with van der Waals surface area (Å²) in [6.45, 7) is 6.05. The van der Waals surface area contributed by atoms with Gasteiger partial charge in [0.2, 0.25) is 0 Å². The van der Waals surface area contributed by atoms with Gasteiger partial charge in [-0.05, 0) is 47.4 Å². The Labute approximate surface area is 219 Å². The second-order valence-corrected chi connectivity index (χ2v) is 12.8. The molecule has 0 spiro atoms. The summed E-state index contributed by atoms with van der Waals surface area (Å²) in [5.41, 5.74) is 1.65. The van der Waals surface area contributed by atoms with E-state index < -0.39 is 7.26 Å². The number of rotatable bonds is 6. The maximum absolute atomic E-state index is 12.0. The lowest BCUT2D eigenvalue weighted by atomic mass is 9.85. The Kier molecular flexibility index (Phi) is 8.27. The van der Waals surface area contributed by atoms with E-state index in [9.17, 15) is 10.1 Å². The van der Waals surface area contributed by atoms with E-state index in [1.807, 2.05) is 45.0 Å². The van der Waals surface area contributed by atoms with Crippen molar-refractivity contribution < 1.29 is 28.9 Å². The van der Waals surface area contributed by atoms with Gasteiger partial charge in [-0.1, -0.05) is 87.5 Å². The van der Waals surface area contributed by atoms with Gasteiger partial charge in [0, 0.05) is 11.6 Å². The van der Waals surface area contributed by atoms with E-state index in [1.165, 1.54) is 15.9 Å². The fourth-order valence-corrected chi connectivity index (χ4v) is 8.73. The summed E-state index contributed by atoms with van der Waals surface area (Å²) in [6, 6.07) is 37.6. The molecule has 0 aliphatic rings. The highest BCUT2D eigenvalue weighted by Crippen LogP contribution is 2.58. The Morgan fingerprint density at radius 1 is 0.706 bits per heavy atom. The molecule has 0 aromatic heterocycles. The van der Waals surface area contributed by atoms with Gasteiger partial charge < -0.3 is 24.0 Å². The first kappa shape index (κ1) is 26.1. The molecule has 4 aromatic rings. The van der Waals surface area contributed by atoms with Gasteiger partial charge in [-0.15, -0.1) is 0 Å². The van der Waals surface area contributed by atoms with Crippen molar-refractivity contribution in [3.05, 3.63) is 130 Å². The first-order valence-electron chi connectivity index (χ1n) is 11.1. The Bertz CT molecular complexity index is 1140. The van der Waals surface area contributed by atoms with Crippen molar-refractivity contribution in [1.82, 2.24) is 0 Å². The van der Waals surface area contributed by atoms with E-state index in [0.29, 0.717) is 0 Å². The van der Waals surface area contributed by atoms with Crippen LogP contribution in [0.2, 0.25) is 0 Å². The summed E-state index contributed by atoms with van der Waals surface area (Å²) in [5, 5.41) is 15.8. The van der Waals surface area contributed by atoms with Crippen LogP contribution in [0.5, 0.6) is 0 Å². The standard InChI is InChI=1S/C29H29NO2P.HI/c1-29(2,3)27-20-19-23(21-28(27)30(31)32)22-33(24-13-7-4-8-14-24,25-15-9-5-10-16-25)26-17-11-6-12-18-26;/h4-21H,22H2,1-3H3;1H/q+1;/p-1. The largest absolute Gasteiger partial charge is 1.00 e. The van der Waals surface area contributed by atoms with E-state index in [2.05, 4.69) is 78.9 Å². The smallest absolute Gasteiger partial charge is 0.273 e. The van der Waals surface area contributed by atoms with Gasteiger partial charge >= 0.3 is 0 Å². The van der Waals surface area contributed by atoms with Gasteiger partial charge in [0.15, 0.2) is 0 Å². The molecule has 0 amide bonds. The van der Waals surface area contributed by atoms with E-state index >= 15 is 0 Å². The molecule has 0 saturated heterocycles. The summed E-state index contributed by atoms with van der Waals surface area (Å²) in [4.78, 5) is 11.8. The molecule has 174 valence electrons. The lowest BCUT2D eigenvalue weighted by Crippen LogP contribution is -3.00. The quantitative estimate of drug-likeness (QED) is 0.152. The zero-order valence-corrected chi connectivity index (χ0v) is 22.7. The van der Waals surface area contributed by atoms with Crippen LogP contribution in [-0.2, 0) is 11.6 Å². The Balaban J connectivity index is 0.00000324. The van der Waals surface area contributed by atoms with Crippen molar-refractivity contribution in [1.29, 1.82) is 0 Å². The van der Waals surface area contributed by atoms with Crippen molar-refractivity contribution in [2.24, 2.45) is 0 Å². The van der Waals surface area contributed by atoms with Crippen LogP contribution in [0, 0.1) is 10.1 Å². The van der Waals surface area contributed by atoms with Crippen LogP contribution in [0.15, 0.2) is 109 Å². The maximum atomic E-state index is 12.0. The molecule has 3 nitrogen and oxygen atoms in total. The summed E-state index contributed by atoms with van der Waals surface area (Å²) >= 11 is 0. The predicted molar refractivity (Wildman–Crippen MR) is 141 cm³/mol. The normalized spacial score (nSPS) is 11.5. The lowest BCUT2D eigenvalue weighted by Gasteiger charge is -2.28. The van der Waals surface area contributed by atoms with Crippen LogP contribution in [0.25, 0.3) is 0 Å². The fourth-order valence-electron chi connectivity index (χ4n) is 4.50. The third-order valence-electron chi connectivity index (χ3n) is 6.08. The van der Waals surface area contributed by atoms with Gasteiger partial charge in [0.05, 0.1) is 11.1 Å². The molecule has 4 aromatic carbocycles. The van der Waals surface area contributed by atoms with Crippen molar-refractivity contribution >= 4 is 28.9 Å². The Hall–Kier alpha value is -2.56. The molecule has 0 bridgehead atoms. The number of nitro benzene ring substituents is 1. The van der Waals surface area contributed by atoms with Gasteiger partial charge in [-0.25, -0.2) is 0 Å². The van der Waals surface area contributed by atoms with Crippen molar-refractivity contribution in [3.63, 3.8) is 0 Å². The zero-order chi connectivity index (χ0) is 23.5. The molecule has 5 heteroatoms. The molecule has 0 heterocycles. The van der Waals surface area contributed by atoms with Gasteiger partial charge in [0.25, 0.3) is 5.69 Å². The molecule has 4 rings (SSSR count). The molecule has 34 heavy (non-hydrogen) atoms. The number of hydrogen-bond donors (Lipinski definition) is 0. The predicted octanol–water partition coefficient (Wildman–Crippen LogP) is 3.39.